The first-order valence-corrected chi connectivity index (χ1v) is 3.86. The molecule has 2 rings (SSSR count). The van der Waals surface area contributed by atoms with E-state index < -0.39 is 28.8 Å². The Morgan fingerprint density at radius 3 is 2.73 bits per heavy atom. The van der Waals surface area contributed by atoms with Crippen LogP contribution in [0.5, 0.6) is 5.75 Å². The van der Waals surface area contributed by atoms with Crippen molar-refractivity contribution in [2.45, 2.75) is 0 Å². The molecule has 0 saturated heterocycles. The van der Waals surface area contributed by atoms with Gasteiger partial charge in [-0.15, -0.1) is 0 Å². The number of hydrogen-bond acceptors (Lipinski definition) is 3. The molecule has 15 heavy (non-hydrogen) atoms. The number of phenolic OH excluding ortho intramolecular Hbond substituents is 1. The maximum atomic E-state index is 13.3. The first kappa shape index (κ1) is 9.38. The molecule has 0 unspecified atom stereocenters. The van der Waals surface area contributed by atoms with Gasteiger partial charge in [0, 0.05) is 0 Å². The first-order valence-electron chi connectivity index (χ1n) is 3.86. The van der Waals surface area contributed by atoms with E-state index in [9.17, 15) is 13.6 Å². The Bertz CT molecular complexity index is 561. The minimum Gasteiger partial charge on any atom is -0.505 e. The monoisotopic (exact) mass is 215 g/mol. The van der Waals surface area contributed by atoms with Crippen LogP contribution >= 0.6 is 0 Å². The molecular formula is C8H5F2N2O3+. The molecule has 7 heteroatoms. The van der Waals surface area contributed by atoms with Gasteiger partial charge in [-0.2, -0.15) is 8.78 Å². The number of aromatic hydroxyl groups is 1. The zero-order valence-corrected chi connectivity index (χ0v) is 7.20. The highest BCUT2D eigenvalue weighted by Gasteiger charge is 2.25. The van der Waals surface area contributed by atoms with Crippen molar-refractivity contribution in [3.8, 4) is 11.4 Å². The lowest BCUT2D eigenvalue weighted by Crippen LogP contribution is -2.36. The number of aromatic nitrogens is 2. The summed E-state index contributed by atoms with van der Waals surface area (Å²) < 4.78 is 31.5. The molecule has 0 radical (unpaired) electrons. The Labute approximate surface area is 81.2 Å². The van der Waals surface area contributed by atoms with Crippen molar-refractivity contribution >= 4 is 0 Å². The lowest BCUT2D eigenvalue weighted by molar-refractivity contribution is -0.664. The summed E-state index contributed by atoms with van der Waals surface area (Å²) in [4.78, 5) is 10.6. The molecule has 0 bridgehead atoms. The average Bonchev–Trinajstić information content (AvgIpc) is 2.59. The number of phenols is 1. The molecule has 0 amide bonds. The van der Waals surface area contributed by atoms with Crippen LogP contribution < -0.4 is 10.4 Å². The van der Waals surface area contributed by atoms with Gasteiger partial charge in [0.25, 0.3) is 0 Å². The van der Waals surface area contributed by atoms with Crippen molar-refractivity contribution in [3.05, 3.63) is 40.7 Å². The number of hydrogen-bond donors (Lipinski definition) is 2. The maximum Gasteiger partial charge on any atom is 0.470 e. The summed E-state index contributed by atoms with van der Waals surface area (Å²) in [5, 5.41) is 11.0. The third-order valence-corrected chi connectivity index (χ3v) is 1.76. The molecule has 0 aliphatic rings. The van der Waals surface area contributed by atoms with Crippen molar-refractivity contribution in [1.29, 1.82) is 0 Å². The molecular weight excluding hydrogens is 210 g/mol. The van der Waals surface area contributed by atoms with Gasteiger partial charge in [0.1, 0.15) is 0 Å². The number of benzene rings is 1. The molecule has 0 aliphatic heterocycles. The van der Waals surface area contributed by atoms with Gasteiger partial charge in [-0.25, -0.2) is 4.79 Å². The molecule has 78 valence electrons. The van der Waals surface area contributed by atoms with E-state index >= 15 is 0 Å². The Kier molecular flexibility index (Phi) is 2.00. The SMILES string of the molecule is O=c1[nH][n+](-c2c(F)ccc(O)c2F)co1. The van der Waals surface area contributed by atoms with Gasteiger partial charge in [0.05, 0.1) is 0 Å². The lowest BCUT2D eigenvalue weighted by atomic mass is 10.2. The maximum absolute atomic E-state index is 13.3. The second-order valence-electron chi connectivity index (χ2n) is 2.72. The van der Waals surface area contributed by atoms with E-state index in [-0.39, 0.29) is 0 Å². The third kappa shape index (κ3) is 1.47. The van der Waals surface area contributed by atoms with E-state index in [1.807, 2.05) is 5.10 Å². The van der Waals surface area contributed by atoms with Crippen LogP contribution in [0.4, 0.5) is 8.78 Å². The second-order valence-corrected chi connectivity index (χ2v) is 2.72. The molecule has 0 atom stereocenters. The molecule has 1 aromatic carbocycles. The van der Waals surface area contributed by atoms with Crippen molar-refractivity contribution in [2.75, 3.05) is 0 Å². The zero-order chi connectivity index (χ0) is 11.0. The highest BCUT2D eigenvalue weighted by atomic mass is 19.1. The van der Waals surface area contributed by atoms with E-state index in [2.05, 4.69) is 4.42 Å². The Morgan fingerprint density at radius 2 is 2.13 bits per heavy atom. The van der Waals surface area contributed by atoms with Crippen molar-refractivity contribution in [3.63, 3.8) is 0 Å². The van der Waals surface area contributed by atoms with Gasteiger partial charge in [-0.05, 0) is 16.8 Å². The van der Waals surface area contributed by atoms with Crippen LogP contribution in [0.1, 0.15) is 0 Å². The number of aromatic amines is 1. The summed E-state index contributed by atoms with van der Waals surface area (Å²) in [6.07, 6.45) is 0.795. The Balaban J connectivity index is 2.71. The summed E-state index contributed by atoms with van der Waals surface area (Å²) in [5.41, 5.74) is -0.610. The molecule has 1 heterocycles. The predicted octanol–water partition coefficient (Wildman–Crippen LogP) is 0.228. The molecule has 1 aromatic heterocycles. The molecule has 5 nitrogen and oxygen atoms in total. The van der Waals surface area contributed by atoms with Gasteiger partial charge in [-0.1, -0.05) is 5.10 Å². The molecule has 0 fully saturated rings. The topological polar surface area (TPSA) is 70.1 Å². The summed E-state index contributed by atoms with van der Waals surface area (Å²) in [6.45, 7) is 0. The fourth-order valence-electron chi connectivity index (χ4n) is 1.11. The second kappa shape index (κ2) is 3.19. The van der Waals surface area contributed by atoms with Crippen molar-refractivity contribution in [1.82, 2.24) is 5.10 Å². The van der Waals surface area contributed by atoms with Gasteiger partial charge in [0.2, 0.25) is 11.6 Å². The minimum absolute atomic E-state index is 0.610. The minimum atomic E-state index is -1.18. The van der Waals surface area contributed by atoms with E-state index in [0.29, 0.717) is 4.68 Å². The Hall–Kier alpha value is -2.18. The lowest BCUT2D eigenvalue weighted by Gasteiger charge is -1.96. The van der Waals surface area contributed by atoms with Crippen LogP contribution in [-0.2, 0) is 0 Å². The number of nitrogens with one attached hydrogen (secondary N) is 1. The zero-order valence-electron chi connectivity index (χ0n) is 7.20. The van der Waals surface area contributed by atoms with Crippen LogP contribution in [0.25, 0.3) is 5.69 Å². The molecule has 2 aromatic rings. The largest absolute Gasteiger partial charge is 0.505 e. The highest BCUT2D eigenvalue weighted by Crippen LogP contribution is 2.20. The number of H-pyrrole nitrogens is 1. The average molecular weight is 215 g/mol. The summed E-state index contributed by atoms with van der Waals surface area (Å²) in [6, 6.07) is 1.74. The van der Waals surface area contributed by atoms with Gasteiger partial charge >= 0.3 is 17.8 Å². The quantitative estimate of drug-likeness (QED) is 0.669. The summed E-state index contributed by atoms with van der Waals surface area (Å²) >= 11 is 0. The number of nitrogens with zero attached hydrogens (tertiary/aromatic N) is 1. The molecule has 0 aliphatic carbocycles. The van der Waals surface area contributed by atoms with Crippen molar-refractivity contribution in [2.24, 2.45) is 0 Å². The van der Waals surface area contributed by atoms with Crippen LogP contribution in [-0.4, -0.2) is 10.2 Å². The predicted molar refractivity (Wildman–Crippen MR) is 42.4 cm³/mol. The fraction of sp³-hybridized carbons (Fsp3) is 0. The standard InChI is InChI=1S/C8H4F2N2O3/c9-4-1-2-5(13)6(10)7(4)12-3-15-8(14)11-12/h1-3H,(H-,11,13,14)/p+1. The van der Waals surface area contributed by atoms with Gasteiger partial charge in [-0.3, -0.25) is 0 Å². The van der Waals surface area contributed by atoms with E-state index in [1.54, 1.807) is 0 Å². The molecule has 0 spiro atoms. The normalized spacial score (nSPS) is 10.5. The van der Waals surface area contributed by atoms with Crippen LogP contribution in [0.15, 0.2) is 27.7 Å². The van der Waals surface area contributed by atoms with Gasteiger partial charge < -0.3 is 9.52 Å². The molecule has 2 N–H and O–H groups in total. The highest BCUT2D eigenvalue weighted by molar-refractivity contribution is 5.35. The van der Waals surface area contributed by atoms with Crippen molar-refractivity contribution < 1.29 is 23.0 Å². The van der Waals surface area contributed by atoms with E-state index in [4.69, 9.17) is 5.11 Å². The smallest absolute Gasteiger partial charge is 0.470 e. The van der Waals surface area contributed by atoms with Gasteiger partial charge in [0.15, 0.2) is 5.75 Å². The van der Waals surface area contributed by atoms with Crippen LogP contribution in [0.2, 0.25) is 0 Å². The Morgan fingerprint density at radius 1 is 1.40 bits per heavy atom. The number of halogens is 2. The fourth-order valence-corrected chi connectivity index (χ4v) is 1.11. The molecule has 0 saturated carbocycles. The third-order valence-electron chi connectivity index (χ3n) is 1.76. The van der Waals surface area contributed by atoms with Crippen LogP contribution in [0, 0.1) is 11.6 Å². The summed E-state index contributed by atoms with van der Waals surface area (Å²) in [7, 11) is 0. The summed E-state index contributed by atoms with van der Waals surface area (Å²) in [5.74, 6) is -3.71. The van der Waals surface area contributed by atoms with Crippen LogP contribution in [0.3, 0.4) is 0 Å². The van der Waals surface area contributed by atoms with E-state index in [1.165, 1.54) is 0 Å². The first-order chi connectivity index (χ1) is 7.09. The van der Waals surface area contributed by atoms with E-state index in [0.717, 1.165) is 18.5 Å². The number of rotatable bonds is 1.